The molecule has 2 rings (SSSR count). The highest BCUT2D eigenvalue weighted by Crippen LogP contribution is 2.23. The molecule has 132 valence electrons. The van der Waals surface area contributed by atoms with Crippen LogP contribution < -0.4 is 10.1 Å². The first-order valence-corrected chi connectivity index (χ1v) is 8.15. The molecular formula is C19H20ClNO4. The van der Waals surface area contributed by atoms with E-state index in [2.05, 4.69) is 5.32 Å². The molecule has 0 fully saturated rings. The maximum atomic E-state index is 12.2. The van der Waals surface area contributed by atoms with E-state index in [-0.39, 0.29) is 24.1 Å². The summed E-state index contributed by atoms with van der Waals surface area (Å²) in [5.74, 6) is -0.716. The summed E-state index contributed by atoms with van der Waals surface area (Å²) < 4.78 is 10.2. The standard InChI is InChI=1S/C19H20ClNO4/c1-12-6-4-5-7-15(12)13(2)21-18(22)11-25-19(23)16-10-14(20)8-9-17(16)24-3/h4-10,13H,11H2,1-3H3,(H,21,22). The van der Waals surface area contributed by atoms with Crippen LogP contribution in [0.2, 0.25) is 5.02 Å². The lowest BCUT2D eigenvalue weighted by Crippen LogP contribution is -2.31. The zero-order valence-corrected chi connectivity index (χ0v) is 15.1. The van der Waals surface area contributed by atoms with Gasteiger partial charge in [0.1, 0.15) is 11.3 Å². The SMILES string of the molecule is COc1ccc(Cl)cc1C(=O)OCC(=O)NC(C)c1ccccc1C. The minimum absolute atomic E-state index is 0.176. The predicted molar refractivity (Wildman–Crippen MR) is 96.0 cm³/mol. The van der Waals surface area contributed by atoms with E-state index < -0.39 is 5.97 Å². The van der Waals surface area contributed by atoms with Crippen LogP contribution in [0.1, 0.15) is 34.5 Å². The van der Waals surface area contributed by atoms with Crippen molar-refractivity contribution < 1.29 is 19.1 Å². The van der Waals surface area contributed by atoms with Crippen molar-refractivity contribution in [3.63, 3.8) is 0 Å². The fourth-order valence-corrected chi connectivity index (χ4v) is 2.65. The third-order valence-corrected chi connectivity index (χ3v) is 3.98. The highest BCUT2D eigenvalue weighted by atomic mass is 35.5. The van der Waals surface area contributed by atoms with Crippen molar-refractivity contribution in [1.29, 1.82) is 0 Å². The first-order chi connectivity index (χ1) is 11.9. The van der Waals surface area contributed by atoms with Gasteiger partial charge >= 0.3 is 5.97 Å². The van der Waals surface area contributed by atoms with Crippen LogP contribution >= 0.6 is 11.6 Å². The number of ether oxygens (including phenoxy) is 2. The topological polar surface area (TPSA) is 64.6 Å². The zero-order valence-electron chi connectivity index (χ0n) is 14.3. The average molecular weight is 362 g/mol. The van der Waals surface area contributed by atoms with Gasteiger partial charge in [0, 0.05) is 5.02 Å². The second-order valence-corrected chi connectivity index (χ2v) is 6.00. The second-order valence-electron chi connectivity index (χ2n) is 5.57. The molecule has 6 heteroatoms. The highest BCUT2D eigenvalue weighted by Gasteiger charge is 2.17. The molecular weight excluding hydrogens is 342 g/mol. The van der Waals surface area contributed by atoms with Gasteiger partial charge in [0.15, 0.2) is 6.61 Å². The molecule has 0 aromatic heterocycles. The van der Waals surface area contributed by atoms with Crippen LogP contribution in [-0.4, -0.2) is 25.6 Å². The third-order valence-electron chi connectivity index (χ3n) is 3.75. The van der Waals surface area contributed by atoms with E-state index in [0.29, 0.717) is 10.8 Å². The number of carbonyl (C=O) groups excluding carboxylic acids is 2. The molecule has 2 aromatic carbocycles. The Bertz CT molecular complexity index is 776. The first kappa shape index (κ1) is 18.8. The molecule has 1 amide bonds. The number of benzene rings is 2. The number of hydrogen-bond acceptors (Lipinski definition) is 4. The van der Waals surface area contributed by atoms with Crippen LogP contribution in [0.4, 0.5) is 0 Å². The van der Waals surface area contributed by atoms with Crippen molar-refractivity contribution in [2.24, 2.45) is 0 Å². The Labute approximate surface area is 151 Å². The number of amides is 1. The maximum absolute atomic E-state index is 12.2. The molecule has 0 radical (unpaired) electrons. The van der Waals surface area contributed by atoms with Gasteiger partial charge in [0.2, 0.25) is 0 Å². The van der Waals surface area contributed by atoms with Crippen molar-refractivity contribution in [3.05, 3.63) is 64.2 Å². The van der Waals surface area contributed by atoms with Crippen LogP contribution in [0.5, 0.6) is 5.75 Å². The average Bonchev–Trinajstić information content (AvgIpc) is 2.59. The van der Waals surface area contributed by atoms with Crippen LogP contribution in [0, 0.1) is 6.92 Å². The van der Waals surface area contributed by atoms with Gasteiger partial charge in [-0.15, -0.1) is 0 Å². The third kappa shape index (κ3) is 4.97. The van der Waals surface area contributed by atoms with Crippen LogP contribution in [-0.2, 0) is 9.53 Å². The molecule has 0 saturated heterocycles. The summed E-state index contributed by atoms with van der Waals surface area (Å²) in [7, 11) is 1.44. The Kier molecular flexibility index (Phi) is 6.42. The van der Waals surface area contributed by atoms with Crippen LogP contribution in [0.25, 0.3) is 0 Å². The lowest BCUT2D eigenvalue weighted by Gasteiger charge is -2.16. The normalized spacial score (nSPS) is 11.5. The van der Waals surface area contributed by atoms with Crippen molar-refractivity contribution in [2.75, 3.05) is 13.7 Å². The minimum atomic E-state index is -0.668. The molecule has 0 saturated carbocycles. The molecule has 2 aromatic rings. The number of halogens is 1. The zero-order chi connectivity index (χ0) is 18.4. The van der Waals surface area contributed by atoms with E-state index in [0.717, 1.165) is 11.1 Å². The lowest BCUT2D eigenvalue weighted by molar-refractivity contribution is -0.124. The first-order valence-electron chi connectivity index (χ1n) is 7.78. The number of aryl methyl sites for hydroxylation is 1. The lowest BCUT2D eigenvalue weighted by atomic mass is 10.0. The van der Waals surface area contributed by atoms with Gasteiger partial charge in [-0.1, -0.05) is 35.9 Å². The second kappa shape index (κ2) is 8.53. The quantitative estimate of drug-likeness (QED) is 0.797. The predicted octanol–water partition coefficient (Wildman–Crippen LogP) is 3.69. The highest BCUT2D eigenvalue weighted by molar-refractivity contribution is 6.31. The van der Waals surface area contributed by atoms with Gasteiger partial charge in [0.05, 0.1) is 13.2 Å². The van der Waals surface area contributed by atoms with E-state index in [1.54, 1.807) is 12.1 Å². The van der Waals surface area contributed by atoms with E-state index in [1.165, 1.54) is 13.2 Å². The fraction of sp³-hybridized carbons (Fsp3) is 0.263. The molecule has 0 bridgehead atoms. The Balaban J connectivity index is 1.95. The number of rotatable bonds is 6. The Morgan fingerprint density at radius 2 is 1.92 bits per heavy atom. The fourth-order valence-electron chi connectivity index (χ4n) is 2.48. The van der Waals surface area contributed by atoms with E-state index >= 15 is 0 Å². The minimum Gasteiger partial charge on any atom is -0.496 e. The van der Waals surface area contributed by atoms with Crippen LogP contribution in [0.3, 0.4) is 0 Å². The van der Waals surface area contributed by atoms with Crippen molar-refractivity contribution in [3.8, 4) is 5.75 Å². The summed E-state index contributed by atoms with van der Waals surface area (Å²) in [5.41, 5.74) is 2.27. The number of hydrogen-bond donors (Lipinski definition) is 1. The number of nitrogens with one attached hydrogen (secondary N) is 1. The summed E-state index contributed by atoms with van der Waals surface area (Å²) in [6.07, 6.45) is 0. The van der Waals surface area contributed by atoms with Crippen molar-refractivity contribution in [1.82, 2.24) is 5.32 Å². The number of methoxy groups -OCH3 is 1. The van der Waals surface area contributed by atoms with Crippen molar-refractivity contribution >= 4 is 23.5 Å². The maximum Gasteiger partial charge on any atom is 0.342 e. The van der Waals surface area contributed by atoms with Gasteiger partial charge in [-0.3, -0.25) is 4.79 Å². The monoisotopic (exact) mass is 361 g/mol. The molecule has 25 heavy (non-hydrogen) atoms. The van der Waals surface area contributed by atoms with Gasteiger partial charge < -0.3 is 14.8 Å². The summed E-state index contributed by atoms with van der Waals surface area (Å²) in [6.45, 7) is 3.47. The van der Waals surface area contributed by atoms with Crippen molar-refractivity contribution in [2.45, 2.75) is 19.9 Å². The Morgan fingerprint density at radius 3 is 2.60 bits per heavy atom. The molecule has 1 unspecified atom stereocenters. The molecule has 0 spiro atoms. The summed E-state index contributed by atoms with van der Waals surface area (Å²) in [4.78, 5) is 24.2. The largest absolute Gasteiger partial charge is 0.496 e. The molecule has 0 aliphatic carbocycles. The smallest absolute Gasteiger partial charge is 0.342 e. The molecule has 1 N–H and O–H groups in total. The van der Waals surface area contributed by atoms with Gasteiger partial charge in [-0.25, -0.2) is 4.79 Å². The Hall–Kier alpha value is -2.53. The molecule has 0 aliphatic rings. The Morgan fingerprint density at radius 1 is 1.20 bits per heavy atom. The van der Waals surface area contributed by atoms with Gasteiger partial charge in [-0.05, 0) is 43.2 Å². The van der Waals surface area contributed by atoms with E-state index in [9.17, 15) is 9.59 Å². The summed E-state index contributed by atoms with van der Waals surface area (Å²) in [6, 6.07) is 12.2. The molecule has 5 nitrogen and oxygen atoms in total. The van der Waals surface area contributed by atoms with E-state index in [1.807, 2.05) is 38.1 Å². The molecule has 1 atom stereocenters. The number of esters is 1. The molecule has 0 heterocycles. The van der Waals surface area contributed by atoms with Gasteiger partial charge in [-0.2, -0.15) is 0 Å². The van der Waals surface area contributed by atoms with Gasteiger partial charge in [0.25, 0.3) is 5.91 Å². The van der Waals surface area contributed by atoms with E-state index in [4.69, 9.17) is 21.1 Å². The summed E-state index contributed by atoms with van der Waals surface area (Å²) in [5, 5.41) is 3.19. The summed E-state index contributed by atoms with van der Waals surface area (Å²) >= 11 is 5.89. The van der Waals surface area contributed by atoms with Crippen LogP contribution in [0.15, 0.2) is 42.5 Å². The molecule has 0 aliphatic heterocycles. The number of carbonyl (C=O) groups is 2.